The smallest absolute Gasteiger partial charge is 0.255 e. The van der Waals surface area contributed by atoms with Crippen molar-refractivity contribution in [1.29, 1.82) is 0 Å². The molecule has 0 atom stereocenters. The van der Waals surface area contributed by atoms with Crippen LogP contribution >= 0.6 is 12.2 Å². The minimum Gasteiger partial charge on any atom is -0.391 e. The monoisotopic (exact) mass is 268 g/mol. The third-order valence-corrected chi connectivity index (χ3v) is 3.54. The number of halogens is 1. The lowest BCUT2D eigenvalue weighted by atomic mass is 9.92. The van der Waals surface area contributed by atoms with Crippen LogP contribution in [0.3, 0.4) is 0 Å². The quantitative estimate of drug-likeness (QED) is 0.806. The molecular formula is C13H17FN2OS. The Kier molecular flexibility index (Phi) is 4.78. The fourth-order valence-electron chi connectivity index (χ4n) is 1.77. The van der Waals surface area contributed by atoms with Gasteiger partial charge in [-0.1, -0.05) is 38.2 Å². The third-order valence-electron chi connectivity index (χ3n) is 3.15. The molecule has 1 aromatic carbocycles. The number of thiocarbonyl (C=S) groups is 1. The first kappa shape index (κ1) is 14.6. The van der Waals surface area contributed by atoms with Crippen LogP contribution in [0.1, 0.15) is 37.0 Å². The summed E-state index contributed by atoms with van der Waals surface area (Å²) in [5.41, 5.74) is 4.92. The summed E-state index contributed by atoms with van der Waals surface area (Å²) in [6.07, 6.45) is 1.14. The maximum atomic E-state index is 13.5. The molecule has 98 valence electrons. The molecule has 0 saturated carbocycles. The summed E-state index contributed by atoms with van der Waals surface area (Å²) in [4.78, 5) is 12.3. The number of hydrogen-bond acceptors (Lipinski definition) is 2. The molecule has 1 aromatic rings. The summed E-state index contributed by atoms with van der Waals surface area (Å²) < 4.78 is 13.5. The second kappa shape index (κ2) is 5.91. The van der Waals surface area contributed by atoms with E-state index in [0.717, 1.165) is 0 Å². The van der Waals surface area contributed by atoms with Gasteiger partial charge in [-0.2, -0.15) is 0 Å². The maximum Gasteiger partial charge on any atom is 0.255 e. The molecule has 0 spiro atoms. The van der Waals surface area contributed by atoms with Crippen LogP contribution in [-0.4, -0.2) is 16.4 Å². The summed E-state index contributed by atoms with van der Waals surface area (Å²) >= 11 is 5.00. The van der Waals surface area contributed by atoms with Crippen LogP contribution in [0.25, 0.3) is 0 Å². The van der Waals surface area contributed by atoms with Crippen molar-refractivity contribution < 1.29 is 9.18 Å². The van der Waals surface area contributed by atoms with E-state index in [2.05, 4.69) is 5.32 Å². The molecule has 0 unspecified atom stereocenters. The van der Waals surface area contributed by atoms with Gasteiger partial charge >= 0.3 is 0 Å². The van der Waals surface area contributed by atoms with Crippen LogP contribution in [0.4, 0.5) is 4.39 Å². The second-order valence-electron chi connectivity index (χ2n) is 4.09. The molecule has 0 aromatic heterocycles. The predicted molar refractivity (Wildman–Crippen MR) is 74.0 cm³/mol. The van der Waals surface area contributed by atoms with Crippen molar-refractivity contribution in [1.82, 2.24) is 5.32 Å². The molecule has 0 aliphatic rings. The van der Waals surface area contributed by atoms with E-state index in [-0.39, 0.29) is 10.6 Å². The number of amides is 1. The van der Waals surface area contributed by atoms with Crippen molar-refractivity contribution in [2.24, 2.45) is 5.73 Å². The van der Waals surface area contributed by atoms with Crippen molar-refractivity contribution in [2.45, 2.75) is 32.2 Å². The van der Waals surface area contributed by atoms with E-state index in [0.29, 0.717) is 12.8 Å². The summed E-state index contributed by atoms with van der Waals surface area (Å²) in [5.74, 6) is -1.05. The van der Waals surface area contributed by atoms with Crippen molar-refractivity contribution in [2.75, 3.05) is 0 Å². The Balaban J connectivity index is 3.00. The Morgan fingerprint density at radius 1 is 1.39 bits per heavy atom. The van der Waals surface area contributed by atoms with Gasteiger partial charge in [0.2, 0.25) is 0 Å². The van der Waals surface area contributed by atoms with Gasteiger partial charge in [0.15, 0.2) is 0 Å². The SMILES string of the molecule is CCC(CC)(NC(=O)c1ccccc1F)C(N)=S. The van der Waals surface area contributed by atoms with Gasteiger partial charge in [-0.15, -0.1) is 0 Å². The highest BCUT2D eigenvalue weighted by Gasteiger charge is 2.32. The predicted octanol–water partition coefficient (Wildman–Crippen LogP) is 2.40. The standard InChI is InChI=1S/C13H17FN2OS/c1-3-13(4-2,12(15)18)16-11(17)9-7-5-6-8-10(9)14/h5-8H,3-4H2,1-2H3,(H2,15,18)(H,16,17). The van der Waals surface area contributed by atoms with Gasteiger partial charge < -0.3 is 11.1 Å². The van der Waals surface area contributed by atoms with Crippen LogP contribution in [0.15, 0.2) is 24.3 Å². The first-order valence-corrected chi connectivity index (χ1v) is 6.24. The highest BCUT2D eigenvalue weighted by molar-refractivity contribution is 7.80. The minimum absolute atomic E-state index is 0.0000231. The fraction of sp³-hybridized carbons (Fsp3) is 0.385. The fourth-order valence-corrected chi connectivity index (χ4v) is 2.11. The lowest BCUT2D eigenvalue weighted by Crippen LogP contribution is -2.56. The van der Waals surface area contributed by atoms with Crippen molar-refractivity contribution in [3.8, 4) is 0 Å². The topological polar surface area (TPSA) is 55.1 Å². The van der Waals surface area contributed by atoms with E-state index in [4.69, 9.17) is 18.0 Å². The van der Waals surface area contributed by atoms with E-state index >= 15 is 0 Å². The number of nitrogens with one attached hydrogen (secondary N) is 1. The van der Waals surface area contributed by atoms with Gasteiger partial charge in [-0.05, 0) is 25.0 Å². The zero-order chi connectivity index (χ0) is 13.8. The molecule has 0 fully saturated rings. The average molecular weight is 268 g/mol. The zero-order valence-corrected chi connectivity index (χ0v) is 11.3. The van der Waals surface area contributed by atoms with Gasteiger partial charge in [0.05, 0.1) is 16.1 Å². The Morgan fingerprint density at radius 2 is 1.94 bits per heavy atom. The molecule has 0 heterocycles. The summed E-state index contributed by atoms with van der Waals surface area (Å²) in [6, 6.07) is 5.82. The van der Waals surface area contributed by atoms with E-state index in [1.807, 2.05) is 13.8 Å². The van der Waals surface area contributed by atoms with E-state index in [9.17, 15) is 9.18 Å². The average Bonchev–Trinajstić information content (AvgIpc) is 2.36. The number of carbonyl (C=O) groups is 1. The second-order valence-corrected chi connectivity index (χ2v) is 4.53. The normalized spacial score (nSPS) is 11.1. The molecule has 0 aliphatic carbocycles. The molecule has 5 heteroatoms. The minimum atomic E-state index is -0.755. The van der Waals surface area contributed by atoms with Crippen molar-refractivity contribution >= 4 is 23.1 Å². The van der Waals surface area contributed by atoms with Gasteiger partial charge in [0.1, 0.15) is 5.82 Å². The molecule has 18 heavy (non-hydrogen) atoms. The van der Waals surface area contributed by atoms with Gasteiger partial charge in [-0.3, -0.25) is 4.79 Å². The third kappa shape index (κ3) is 2.85. The van der Waals surface area contributed by atoms with E-state index < -0.39 is 17.3 Å². The van der Waals surface area contributed by atoms with Gasteiger partial charge in [0, 0.05) is 0 Å². The summed E-state index contributed by atoms with van der Waals surface area (Å²) in [5, 5.41) is 2.74. The van der Waals surface area contributed by atoms with E-state index in [1.165, 1.54) is 18.2 Å². The molecule has 0 radical (unpaired) electrons. The summed E-state index contributed by atoms with van der Waals surface area (Å²) in [6.45, 7) is 3.76. The van der Waals surface area contributed by atoms with Crippen LogP contribution in [0.2, 0.25) is 0 Å². The highest BCUT2D eigenvalue weighted by Crippen LogP contribution is 2.17. The van der Waals surface area contributed by atoms with Crippen LogP contribution in [0, 0.1) is 5.82 Å². The first-order chi connectivity index (χ1) is 8.46. The number of carbonyl (C=O) groups excluding carboxylic acids is 1. The molecule has 3 nitrogen and oxygen atoms in total. The Labute approximate surface area is 112 Å². The van der Waals surface area contributed by atoms with Crippen molar-refractivity contribution in [3.63, 3.8) is 0 Å². The van der Waals surface area contributed by atoms with Crippen LogP contribution < -0.4 is 11.1 Å². The van der Waals surface area contributed by atoms with Crippen LogP contribution in [0.5, 0.6) is 0 Å². The van der Waals surface area contributed by atoms with Crippen molar-refractivity contribution in [3.05, 3.63) is 35.6 Å². The van der Waals surface area contributed by atoms with Crippen LogP contribution in [-0.2, 0) is 0 Å². The van der Waals surface area contributed by atoms with Gasteiger partial charge in [0.25, 0.3) is 5.91 Å². The number of rotatable bonds is 5. The zero-order valence-electron chi connectivity index (χ0n) is 10.5. The molecular weight excluding hydrogens is 251 g/mol. The summed E-state index contributed by atoms with van der Waals surface area (Å²) in [7, 11) is 0. The molecule has 1 rings (SSSR count). The lowest BCUT2D eigenvalue weighted by molar-refractivity contribution is 0.0915. The first-order valence-electron chi connectivity index (χ1n) is 5.83. The molecule has 0 bridgehead atoms. The highest BCUT2D eigenvalue weighted by atomic mass is 32.1. The maximum absolute atomic E-state index is 13.5. The Bertz CT molecular complexity index is 458. The molecule has 0 saturated heterocycles. The van der Waals surface area contributed by atoms with Gasteiger partial charge in [-0.25, -0.2) is 4.39 Å². The molecule has 1 amide bonds. The number of hydrogen-bond donors (Lipinski definition) is 2. The number of nitrogens with two attached hydrogens (primary N) is 1. The number of benzene rings is 1. The Morgan fingerprint density at radius 3 is 2.39 bits per heavy atom. The lowest BCUT2D eigenvalue weighted by Gasteiger charge is -2.31. The molecule has 3 N–H and O–H groups in total. The molecule has 0 aliphatic heterocycles. The van der Waals surface area contributed by atoms with E-state index in [1.54, 1.807) is 6.07 Å². The Hall–Kier alpha value is -1.49. The largest absolute Gasteiger partial charge is 0.391 e.